The number of rotatable bonds is 6. The van der Waals surface area contributed by atoms with Crippen LogP contribution in [0.3, 0.4) is 0 Å². The second-order valence-corrected chi connectivity index (χ2v) is 7.55. The van der Waals surface area contributed by atoms with Gasteiger partial charge in [0.25, 0.3) is 0 Å². The molecule has 5 heteroatoms. The highest BCUT2D eigenvalue weighted by molar-refractivity contribution is 5.89. The minimum atomic E-state index is -0.527. The molecular weight excluding hydrogens is 404 g/mol. The van der Waals surface area contributed by atoms with Gasteiger partial charge < -0.3 is 13.9 Å². The fourth-order valence-corrected chi connectivity index (χ4v) is 3.27. The molecule has 0 radical (unpaired) electrons. The van der Waals surface area contributed by atoms with Gasteiger partial charge >= 0.3 is 5.97 Å². The first kappa shape index (κ1) is 21.1. The Balaban J connectivity index is 1.54. The summed E-state index contributed by atoms with van der Waals surface area (Å²) in [5, 5.41) is 0.337. The number of para-hydroxylation sites is 1. The number of hydrogen-bond acceptors (Lipinski definition) is 5. The summed E-state index contributed by atoms with van der Waals surface area (Å²) in [5.74, 6) is 0.709. The maximum absolute atomic E-state index is 12.9. The summed E-state index contributed by atoms with van der Waals surface area (Å²) in [6.45, 7) is 4.12. The SMILES string of the molecule is CC(C)c1ccccc1Oc1coc2cc(OC(=O)/C=C/c3ccccc3)ccc2c1=O. The molecule has 1 aromatic heterocycles. The molecule has 0 atom stereocenters. The first-order valence-corrected chi connectivity index (χ1v) is 10.3. The monoisotopic (exact) mass is 426 g/mol. The number of hydrogen-bond donors (Lipinski definition) is 0. The smallest absolute Gasteiger partial charge is 0.336 e. The van der Waals surface area contributed by atoms with Crippen molar-refractivity contribution in [1.29, 1.82) is 0 Å². The zero-order chi connectivity index (χ0) is 22.5. The van der Waals surface area contributed by atoms with Crippen LogP contribution in [-0.2, 0) is 4.79 Å². The van der Waals surface area contributed by atoms with Gasteiger partial charge in [-0.15, -0.1) is 0 Å². The molecule has 1 heterocycles. The van der Waals surface area contributed by atoms with E-state index in [0.717, 1.165) is 11.1 Å². The van der Waals surface area contributed by atoms with Crippen molar-refractivity contribution in [2.75, 3.05) is 0 Å². The third-order valence-electron chi connectivity index (χ3n) is 4.91. The van der Waals surface area contributed by atoms with Crippen LogP contribution in [0.2, 0.25) is 0 Å². The van der Waals surface area contributed by atoms with Gasteiger partial charge in [0.05, 0.1) is 5.39 Å². The van der Waals surface area contributed by atoms with Crippen LogP contribution in [0.15, 0.2) is 94.3 Å². The van der Waals surface area contributed by atoms with Crippen LogP contribution in [-0.4, -0.2) is 5.97 Å². The van der Waals surface area contributed by atoms with Crippen molar-refractivity contribution >= 4 is 23.0 Å². The van der Waals surface area contributed by atoms with E-state index in [1.807, 2.05) is 54.6 Å². The van der Waals surface area contributed by atoms with Crippen LogP contribution >= 0.6 is 0 Å². The van der Waals surface area contributed by atoms with Gasteiger partial charge in [-0.25, -0.2) is 4.79 Å². The molecule has 0 unspecified atom stereocenters. The van der Waals surface area contributed by atoms with Crippen molar-refractivity contribution in [3.8, 4) is 17.2 Å². The fraction of sp³-hybridized carbons (Fsp3) is 0.111. The average Bonchev–Trinajstić information content (AvgIpc) is 2.80. The molecule has 4 aromatic rings. The molecule has 0 bridgehead atoms. The predicted molar refractivity (Wildman–Crippen MR) is 124 cm³/mol. The molecule has 0 N–H and O–H groups in total. The van der Waals surface area contributed by atoms with E-state index in [9.17, 15) is 9.59 Å². The van der Waals surface area contributed by atoms with Crippen LogP contribution < -0.4 is 14.9 Å². The highest BCUT2D eigenvalue weighted by Gasteiger charge is 2.14. The number of ether oxygens (including phenoxy) is 2. The topological polar surface area (TPSA) is 65.7 Å². The van der Waals surface area contributed by atoms with Gasteiger partial charge in [0.15, 0.2) is 0 Å². The maximum atomic E-state index is 12.9. The third-order valence-corrected chi connectivity index (χ3v) is 4.91. The summed E-state index contributed by atoms with van der Waals surface area (Å²) in [4.78, 5) is 25.0. The van der Waals surface area contributed by atoms with Gasteiger partial charge in [0, 0.05) is 12.1 Å². The number of carbonyl (C=O) groups excluding carboxylic acids is 1. The fourth-order valence-electron chi connectivity index (χ4n) is 3.27. The van der Waals surface area contributed by atoms with Crippen LogP contribution in [0.25, 0.3) is 17.0 Å². The Morgan fingerprint density at radius 3 is 2.47 bits per heavy atom. The lowest BCUT2D eigenvalue weighted by atomic mass is 10.0. The van der Waals surface area contributed by atoms with Gasteiger partial charge in [0.2, 0.25) is 11.2 Å². The van der Waals surface area contributed by atoms with Gasteiger partial charge in [-0.05, 0) is 41.3 Å². The standard InChI is InChI=1S/C27H22O5/c1-18(2)21-10-6-7-11-23(21)32-25-17-30-24-16-20(13-14-22(24)27(25)29)31-26(28)15-12-19-8-4-3-5-9-19/h3-18H,1-2H3/b15-12+. The van der Waals surface area contributed by atoms with Crippen molar-refractivity contribution in [3.63, 3.8) is 0 Å². The number of fused-ring (bicyclic) bond motifs is 1. The third kappa shape index (κ3) is 4.78. The lowest BCUT2D eigenvalue weighted by Crippen LogP contribution is -2.07. The second kappa shape index (κ2) is 9.35. The number of carbonyl (C=O) groups is 1. The summed E-state index contributed by atoms with van der Waals surface area (Å²) in [7, 11) is 0. The lowest BCUT2D eigenvalue weighted by Gasteiger charge is -2.13. The Morgan fingerprint density at radius 2 is 1.69 bits per heavy atom. The lowest BCUT2D eigenvalue weighted by molar-refractivity contribution is -0.128. The summed E-state index contributed by atoms with van der Waals surface area (Å²) in [5.41, 5.74) is 1.89. The van der Waals surface area contributed by atoms with Gasteiger partial charge in [-0.2, -0.15) is 0 Å². The largest absolute Gasteiger partial charge is 0.460 e. The van der Waals surface area contributed by atoms with Crippen LogP contribution in [0.1, 0.15) is 30.9 Å². The molecule has 0 fully saturated rings. The first-order chi connectivity index (χ1) is 15.5. The van der Waals surface area contributed by atoms with Crippen molar-refractivity contribution in [3.05, 3.63) is 106 Å². The minimum Gasteiger partial charge on any atom is -0.460 e. The Kier molecular flexibility index (Phi) is 6.17. The zero-order valence-corrected chi connectivity index (χ0v) is 17.8. The molecular formula is C27H22O5. The molecule has 32 heavy (non-hydrogen) atoms. The van der Waals surface area contributed by atoms with E-state index in [0.29, 0.717) is 16.7 Å². The van der Waals surface area contributed by atoms with Gasteiger partial charge in [-0.1, -0.05) is 62.4 Å². The van der Waals surface area contributed by atoms with E-state index in [1.54, 1.807) is 18.2 Å². The zero-order valence-electron chi connectivity index (χ0n) is 17.8. The predicted octanol–water partition coefficient (Wildman–Crippen LogP) is 6.33. The summed E-state index contributed by atoms with van der Waals surface area (Å²) in [6.07, 6.45) is 4.30. The normalized spacial score (nSPS) is 11.2. The highest BCUT2D eigenvalue weighted by Crippen LogP contribution is 2.30. The van der Waals surface area contributed by atoms with Crippen molar-refractivity contribution in [2.24, 2.45) is 0 Å². The molecule has 0 saturated carbocycles. The van der Waals surface area contributed by atoms with Gasteiger partial charge in [0.1, 0.15) is 23.3 Å². The van der Waals surface area contributed by atoms with E-state index in [1.165, 1.54) is 18.4 Å². The Labute approximate surface area is 185 Å². The second-order valence-electron chi connectivity index (χ2n) is 7.55. The molecule has 0 amide bonds. The van der Waals surface area contributed by atoms with E-state index in [-0.39, 0.29) is 22.8 Å². The van der Waals surface area contributed by atoms with Crippen LogP contribution in [0.4, 0.5) is 0 Å². The molecule has 0 saturated heterocycles. The van der Waals surface area contributed by atoms with Crippen LogP contribution in [0.5, 0.6) is 17.2 Å². The maximum Gasteiger partial charge on any atom is 0.336 e. The van der Waals surface area contributed by atoms with Gasteiger partial charge in [-0.3, -0.25) is 4.79 Å². The molecule has 0 aliphatic rings. The van der Waals surface area contributed by atoms with E-state index < -0.39 is 5.97 Å². The minimum absolute atomic E-state index is 0.0983. The summed E-state index contributed by atoms with van der Waals surface area (Å²) in [6, 6.07) is 21.6. The van der Waals surface area contributed by atoms with E-state index >= 15 is 0 Å². The Hall–Kier alpha value is -4.12. The molecule has 160 valence electrons. The summed E-state index contributed by atoms with van der Waals surface area (Å²) >= 11 is 0. The van der Waals surface area contributed by atoms with Crippen molar-refractivity contribution in [2.45, 2.75) is 19.8 Å². The van der Waals surface area contributed by atoms with Crippen LogP contribution in [0, 0.1) is 0 Å². The van der Waals surface area contributed by atoms with E-state index in [4.69, 9.17) is 13.9 Å². The molecule has 0 aliphatic heterocycles. The number of esters is 1. The first-order valence-electron chi connectivity index (χ1n) is 10.3. The Morgan fingerprint density at radius 1 is 0.938 bits per heavy atom. The highest BCUT2D eigenvalue weighted by atomic mass is 16.5. The van der Waals surface area contributed by atoms with Crippen molar-refractivity contribution < 1.29 is 18.7 Å². The quantitative estimate of drug-likeness (QED) is 0.205. The molecule has 4 rings (SSSR count). The summed E-state index contributed by atoms with van der Waals surface area (Å²) < 4.78 is 16.8. The molecule has 5 nitrogen and oxygen atoms in total. The average molecular weight is 426 g/mol. The van der Waals surface area contributed by atoms with Crippen molar-refractivity contribution in [1.82, 2.24) is 0 Å². The molecule has 3 aromatic carbocycles. The van der Waals surface area contributed by atoms with E-state index in [2.05, 4.69) is 13.8 Å². The molecule has 0 spiro atoms. The number of benzene rings is 3. The molecule has 0 aliphatic carbocycles. The Bertz CT molecular complexity index is 1330.